The quantitative estimate of drug-likeness (QED) is 0.380. The van der Waals surface area contributed by atoms with Crippen LogP contribution in [0.4, 0.5) is 15.8 Å². The van der Waals surface area contributed by atoms with E-state index in [4.69, 9.17) is 11.6 Å². The second-order valence-corrected chi connectivity index (χ2v) is 9.92. The maximum absolute atomic E-state index is 13.3. The van der Waals surface area contributed by atoms with Crippen molar-refractivity contribution in [3.8, 4) is 0 Å². The molecule has 3 aromatic carbocycles. The summed E-state index contributed by atoms with van der Waals surface area (Å²) in [6.45, 7) is 3.56. The normalized spacial score (nSPS) is 14.8. The molecule has 4 rings (SSSR count). The van der Waals surface area contributed by atoms with E-state index >= 15 is 0 Å². The van der Waals surface area contributed by atoms with Gasteiger partial charge in [-0.3, -0.25) is 9.59 Å². The van der Waals surface area contributed by atoms with Crippen molar-refractivity contribution in [1.82, 2.24) is 5.32 Å². The van der Waals surface area contributed by atoms with Gasteiger partial charge in [-0.2, -0.15) is 0 Å². The van der Waals surface area contributed by atoms with Gasteiger partial charge >= 0.3 is 0 Å². The Balaban J connectivity index is 1.49. The maximum atomic E-state index is 13.3. The summed E-state index contributed by atoms with van der Waals surface area (Å²) >= 11 is 5.91. The summed E-state index contributed by atoms with van der Waals surface area (Å²) in [4.78, 5) is 27.6. The molecule has 3 aromatic rings. The number of hydrogen-bond donors (Lipinski definition) is 2. The summed E-state index contributed by atoms with van der Waals surface area (Å²) in [7, 11) is 0. The molecule has 7 heteroatoms. The van der Waals surface area contributed by atoms with Crippen molar-refractivity contribution >= 4 is 34.8 Å². The first-order chi connectivity index (χ1) is 17.4. The Kier molecular flexibility index (Phi) is 8.60. The number of benzene rings is 3. The molecule has 0 saturated carbocycles. The van der Waals surface area contributed by atoms with Crippen LogP contribution in [0.25, 0.3) is 0 Å². The Labute approximate surface area is 216 Å². The van der Waals surface area contributed by atoms with Gasteiger partial charge in [0.15, 0.2) is 0 Å². The number of nitrogens with one attached hydrogen (secondary N) is 2. The van der Waals surface area contributed by atoms with E-state index in [1.165, 1.54) is 17.7 Å². The minimum atomic E-state index is -0.691. The van der Waals surface area contributed by atoms with E-state index in [1.807, 2.05) is 12.1 Å². The maximum Gasteiger partial charge on any atom is 0.253 e. The molecule has 1 fully saturated rings. The Morgan fingerprint density at radius 3 is 2.36 bits per heavy atom. The summed E-state index contributed by atoms with van der Waals surface area (Å²) in [5.41, 5.74) is 3.99. The van der Waals surface area contributed by atoms with Gasteiger partial charge in [0.05, 0.1) is 5.56 Å². The highest BCUT2D eigenvalue weighted by atomic mass is 35.5. The van der Waals surface area contributed by atoms with Crippen molar-refractivity contribution in [1.29, 1.82) is 0 Å². The zero-order valence-electron chi connectivity index (χ0n) is 20.3. The van der Waals surface area contributed by atoms with Gasteiger partial charge in [0, 0.05) is 31.0 Å². The Morgan fingerprint density at radius 1 is 1.00 bits per heavy atom. The van der Waals surface area contributed by atoms with Crippen LogP contribution in [0.3, 0.4) is 0 Å². The number of carbonyl (C=O) groups is 2. The summed E-state index contributed by atoms with van der Waals surface area (Å²) in [5, 5.41) is 5.01. The molecule has 188 valence electrons. The molecule has 2 N–H and O–H groups in total. The molecule has 36 heavy (non-hydrogen) atoms. The Hall–Kier alpha value is -3.38. The first-order valence-electron chi connectivity index (χ1n) is 12.3. The highest BCUT2D eigenvalue weighted by Crippen LogP contribution is 2.30. The van der Waals surface area contributed by atoms with Crippen molar-refractivity contribution in [2.75, 3.05) is 23.3 Å². The minimum absolute atomic E-state index is 0.254. The van der Waals surface area contributed by atoms with Gasteiger partial charge in [-0.15, -0.1) is 11.6 Å². The average Bonchev–Trinajstić information content (AvgIpc) is 2.89. The number of hydrogen-bond acceptors (Lipinski definition) is 3. The van der Waals surface area contributed by atoms with Crippen LogP contribution in [0.15, 0.2) is 72.8 Å². The van der Waals surface area contributed by atoms with Gasteiger partial charge in [-0.25, -0.2) is 4.39 Å². The van der Waals surface area contributed by atoms with Crippen LogP contribution >= 0.6 is 11.6 Å². The zero-order chi connectivity index (χ0) is 25.5. The number of halogens is 2. The fourth-order valence-corrected chi connectivity index (χ4v) is 4.57. The topological polar surface area (TPSA) is 61.4 Å². The van der Waals surface area contributed by atoms with Crippen LogP contribution in [-0.4, -0.2) is 30.3 Å². The lowest BCUT2D eigenvalue weighted by Gasteiger charge is -2.35. The molecule has 1 aliphatic heterocycles. The van der Waals surface area contributed by atoms with Crippen LogP contribution in [-0.2, 0) is 17.8 Å². The average molecular weight is 508 g/mol. The molecular formula is C29H31ClFN3O2. The highest BCUT2D eigenvalue weighted by molar-refractivity contribution is 6.32. The molecule has 0 bridgehead atoms. The molecule has 1 heterocycles. The second kappa shape index (κ2) is 12.0. The number of piperidine rings is 1. The fraction of sp³-hybridized carbons (Fsp3) is 0.310. The van der Waals surface area contributed by atoms with Crippen molar-refractivity contribution < 1.29 is 14.0 Å². The van der Waals surface area contributed by atoms with Gasteiger partial charge in [-0.1, -0.05) is 42.5 Å². The lowest BCUT2D eigenvalue weighted by Crippen LogP contribution is -2.36. The minimum Gasteiger partial charge on any atom is -0.371 e. The highest BCUT2D eigenvalue weighted by Gasteiger charge is 2.24. The molecule has 0 aromatic heterocycles. The van der Waals surface area contributed by atoms with E-state index in [0.29, 0.717) is 17.2 Å². The summed E-state index contributed by atoms with van der Waals surface area (Å²) < 4.78 is 13.2. The van der Waals surface area contributed by atoms with Crippen LogP contribution < -0.4 is 15.5 Å². The smallest absolute Gasteiger partial charge is 0.253 e. The largest absolute Gasteiger partial charge is 0.371 e. The number of rotatable bonds is 8. The SMILES string of the molecule is CC(Cl)C(=O)Nc1ccc(N2CCC(Cc3ccccc3)CC2)c(C(=O)NCc2ccc(F)cc2)c1. The van der Waals surface area contributed by atoms with E-state index in [0.717, 1.165) is 43.6 Å². The standard InChI is InChI=1S/C29H31ClFN3O2/c1-20(30)28(35)33-25-11-12-27(26(18-25)29(36)32-19-23-7-9-24(31)10-8-23)34-15-13-22(14-16-34)17-21-5-3-2-4-6-21/h2-12,18,20,22H,13-17,19H2,1H3,(H,32,36)(H,33,35). The lowest BCUT2D eigenvalue weighted by atomic mass is 9.89. The van der Waals surface area contributed by atoms with Crippen LogP contribution in [0.1, 0.15) is 41.3 Å². The van der Waals surface area contributed by atoms with Gasteiger partial charge < -0.3 is 15.5 Å². The summed E-state index contributed by atoms with van der Waals surface area (Å²) in [6, 6.07) is 22.0. The Bertz CT molecular complexity index is 1180. The lowest BCUT2D eigenvalue weighted by molar-refractivity contribution is -0.115. The summed E-state index contributed by atoms with van der Waals surface area (Å²) in [6.07, 6.45) is 3.13. The zero-order valence-corrected chi connectivity index (χ0v) is 21.1. The molecule has 1 unspecified atom stereocenters. The number of amides is 2. The summed E-state index contributed by atoms with van der Waals surface area (Å²) in [5.74, 6) is -0.303. The van der Waals surface area contributed by atoms with E-state index in [9.17, 15) is 14.0 Å². The molecule has 5 nitrogen and oxygen atoms in total. The number of alkyl halides is 1. The molecular weight excluding hydrogens is 477 g/mol. The van der Waals surface area contributed by atoms with E-state index in [-0.39, 0.29) is 24.2 Å². The van der Waals surface area contributed by atoms with Crippen LogP contribution in [0, 0.1) is 11.7 Å². The van der Waals surface area contributed by atoms with Crippen molar-refractivity contribution in [2.45, 2.75) is 38.1 Å². The third kappa shape index (κ3) is 6.85. The predicted molar refractivity (Wildman–Crippen MR) is 143 cm³/mol. The predicted octanol–water partition coefficient (Wildman–Crippen LogP) is 5.78. The van der Waals surface area contributed by atoms with E-state index < -0.39 is 5.38 Å². The fourth-order valence-electron chi connectivity index (χ4n) is 4.52. The molecule has 1 atom stereocenters. The monoisotopic (exact) mass is 507 g/mol. The van der Waals surface area contributed by atoms with E-state index in [2.05, 4.69) is 39.8 Å². The van der Waals surface area contributed by atoms with Crippen LogP contribution in [0.5, 0.6) is 0 Å². The van der Waals surface area contributed by atoms with Crippen molar-refractivity contribution in [3.63, 3.8) is 0 Å². The van der Waals surface area contributed by atoms with Crippen LogP contribution in [0.2, 0.25) is 0 Å². The molecule has 0 spiro atoms. The number of nitrogens with zero attached hydrogens (tertiary/aromatic N) is 1. The van der Waals surface area contributed by atoms with Crippen molar-refractivity contribution in [2.24, 2.45) is 5.92 Å². The number of anilines is 2. The molecule has 1 aliphatic rings. The number of carbonyl (C=O) groups excluding carboxylic acids is 2. The van der Waals surface area contributed by atoms with Gasteiger partial charge in [0.25, 0.3) is 5.91 Å². The molecule has 0 radical (unpaired) electrons. The third-order valence-electron chi connectivity index (χ3n) is 6.56. The molecule has 2 amide bonds. The first kappa shape index (κ1) is 25.7. The Morgan fingerprint density at radius 2 is 1.69 bits per heavy atom. The van der Waals surface area contributed by atoms with Gasteiger partial charge in [-0.05, 0) is 73.6 Å². The van der Waals surface area contributed by atoms with E-state index in [1.54, 1.807) is 31.2 Å². The third-order valence-corrected chi connectivity index (χ3v) is 6.76. The van der Waals surface area contributed by atoms with Crippen molar-refractivity contribution in [3.05, 3.63) is 95.3 Å². The molecule has 0 aliphatic carbocycles. The van der Waals surface area contributed by atoms with Gasteiger partial charge in [0.1, 0.15) is 11.2 Å². The van der Waals surface area contributed by atoms with Gasteiger partial charge in [0.2, 0.25) is 5.91 Å². The second-order valence-electron chi connectivity index (χ2n) is 9.27. The molecule has 1 saturated heterocycles. The first-order valence-corrected chi connectivity index (χ1v) is 12.7.